The van der Waals surface area contributed by atoms with Gasteiger partial charge >= 0.3 is 0 Å². The number of hydroxylamine groups is 2. The number of benzene rings is 1. The zero-order valence-corrected chi connectivity index (χ0v) is 12.3. The van der Waals surface area contributed by atoms with Gasteiger partial charge in [0.1, 0.15) is 5.60 Å². The summed E-state index contributed by atoms with van der Waals surface area (Å²) in [5, 5.41) is 2.12. The lowest BCUT2D eigenvalue weighted by Gasteiger charge is -2.39. The summed E-state index contributed by atoms with van der Waals surface area (Å²) in [5.74, 6) is 0. The second-order valence-corrected chi connectivity index (χ2v) is 5.31. The Morgan fingerprint density at radius 1 is 1.32 bits per heavy atom. The number of ether oxygens (including phenoxy) is 1. The van der Waals surface area contributed by atoms with Gasteiger partial charge in [-0.15, -0.1) is 0 Å². The molecule has 1 fully saturated rings. The molecule has 19 heavy (non-hydrogen) atoms. The van der Waals surface area contributed by atoms with Crippen molar-refractivity contribution in [2.75, 3.05) is 20.3 Å². The molecule has 1 heterocycles. The summed E-state index contributed by atoms with van der Waals surface area (Å²) in [5.41, 5.74) is 0.903. The van der Waals surface area contributed by atoms with E-state index in [4.69, 9.17) is 9.57 Å². The molecule has 0 aromatic heterocycles. The van der Waals surface area contributed by atoms with Gasteiger partial charge in [-0.3, -0.25) is 4.84 Å². The van der Waals surface area contributed by atoms with E-state index < -0.39 is 0 Å². The second kappa shape index (κ2) is 6.51. The SMILES string of the molecule is CCCON1CCC[C@@H]1[C@@](C)(OC)c1ccccc1. The van der Waals surface area contributed by atoms with Crippen LogP contribution in [0.1, 0.15) is 38.7 Å². The maximum atomic E-state index is 5.90. The van der Waals surface area contributed by atoms with Gasteiger partial charge in [-0.2, -0.15) is 5.06 Å². The van der Waals surface area contributed by atoms with Crippen LogP contribution in [0.2, 0.25) is 0 Å². The average molecular weight is 263 g/mol. The highest BCUT2D eigenvalue weighted by Crippen LogP contribution is 2.37. The molecule has 106 valence electrons. The number of nitrogens with zero attached hydrogens (tertiary/aromatic N) is 1. The Morgan fingerprint density at radius 3 is 2.68 bits per heavy atom. The van der Waals surface area contributed by atoms with Crippen molar-refractivity contribution < 1.29 is 9.57 Å². The Balaban J connectivity index is 2.20. The van der Waals surface area contributed by atoms with Crippen molar-refractivity contribution in [3.63, 3.8) is 0 Å². The topological polar surface area (TPSA) is 21.7 Å². The molecule has 0 radical (unpaired) electrons. The normalized spacial score (nSPS) is 23.4. The number of hydrogen-bond acceptors (Lipinski definition) is 3. The summed E-state index contributed by atoms with van der Waals surface area (Å²) in [6.45, 7) is 6.08. The summed E-state index contributed by atoms with van der Waals surface area (Å²) < 4.78 is 5.90. The van der Waals surface area contributed by atoms with E-state index in [1.165, 1.54) is 12.0 Å². The molecule has 0 saturated carbocycles. The van der Waals surface area contributed by atoms with Crippen LogP contribution >= 0.6 is 0 Å². The van der Waals surface area contributed by atoms with Gasteiger partial charge in [0.25, 0.3) is 0 Å². The molecule has 0 bridgehead atoms. The highest BCUT2D eigenvalue weighted by Gasteiger charge is 2.43. The van der Waals surface area contributed by atoms with E-state index in [9.17, 15) is 0 Å². The average Bonchev–Trinajstić information content (AvgIpc) is 2.94. The minimum atomic E-state index is -0.314. The lowest BCUT2D eigenvalue weighted by atomic mass is 9.87. The Bertz CT molecular complexity index is 382. The molecule has 2 atom stereocenters. The van der Waals surface area contributed by atoms with Crippen molar-refractivity contribution in [3.8, 4) is 0 Å². The Morgan fingerprint density at radius 2 is 2.05 bits per heavy atom. The molecule has 1 aromatic rings. The lowest BCUT2D eigenvalue weighted by Crippen LogP contribution is -2.46. The third-order valence-electron chi connectivity index (χ3n) is 4.07. The second-order valence-electron chi connectivity index (χ2n) is 5.31. The summed E-state index contributed by atoms with van der Waals surface area (Å²) in [7, 11) is 1.79. The molecule has 0 spiro atoms. The summed E-state index contributed by atoms with van der Waals surface area (Å²) >= 11 is 0. The van der Waals surface area contributed by atoms with E-state index in [0.717, 1.165) is 26.0 Å². The Kier molecular flexibility index (Phi) is 4.97. The Hall–Kier alpha value is -0.900. The highest BCUT2D eigenvalue weighted by molar-refractivity contribution is 5.24. The molecular weight excluding hydrogens is 238 g/mol. The molecule has 2 rings (SSSR count). The predicted octanol–water partition coefficient (Wildman–Crippen LogP) is 3.35. The van der Waals surface area contributed by atoms with Gasteiger partial charge in [0.2, 0.25) is 0 Å². The van der Waals surface area contributed by atoms with Crippen LogP contribution < -0.4 is 0 Å². The van der Waals surface area contributed by atoms with Gasteiger partial charge in [0.15, 0.2) is 0 Å². The van der Waals surface area contributed by atoms with Crippen LogP contribution in [0.4, 0.5) is 0 Å². The van der Waals surface area contributed by atoms with E-state index in [2.05, 4.69) is 43.2 Å². The van der Waals surface area contributed by atoms with Crippen LogP contribution in [0.25, 0.3) is 0 Å². The number of rotatable bonds is 6. The van der Waals surface area contributed by atoms with Crippen LogP contribution in [-0.4, -0.2) is 31.4 Å². The molecule has 0 unspecified atom stereocenters. The largest absolute Gasteiger partial charge is 0.372 e. The van der Waals surface area contributed by atoms with Gasteiger partial charge in [-0.05, 0) is 31.7 Å². The number of methoxy groups -OCH3 is 1. The first-order valence-electron chi connectivity index (χ1n) is 7.22. The van der Waals surface area contributed by atoms with E-state index in [0.29, 0.717) is 0 Å². The first-order valence-corrected chi connectivity index (χ1v) is 7.22. The van der Waals surface area contributed by atoms with Crippen molar-refractivity contribution >= 4 is 0 Å². The molecule has 1 aliphatic rings. The lowest BCUT2D eigenvalue weighted by molar-refractivity contribution is -0.213. The first kappa shape index (κ1) is 14.5. The fourth-order valence-corrected chi connectivity index (χ4v) is 2.87. The van der Waals surface area contributed by atoms with Gasteiger partial charge in [0.05, 0.1) is 12.6 Å². The minimum Gasteiger partial charge on any atom is -0.372 e. The van der Waals surface area contributed by atoms with Crippen molar-refractivity contribution in [2.24, 2.45) is 0 Å². The smallest absolute Gasteiger partial charge is 0.108 e. The third-order valence-corrected chi connectivity index (χ3v) is 4.07. The van der Waals surface area contributed by atoms with Crippen molar-refractivity contribution in [3.05, 3.63) is 35.9 Å². The highest BCUT2D eigenvalue weighted by atomic mass is 16.7. The Labute approximate surface area is 116 Å². The predicted molar refractivity (Wildman–Crippen MR) is 76.8 cm³/mol. The van der Waals surface area contributed by atoms with Gasteiger partial charge in [0, 0.05) is 13.7 Å². The van der Waals surface area contributed by atoms with Gasteiger partial charge in [-0.25, -0.2) is 0 Å². The molecule has 1 aromatic carbocycles. The van der Waals surface area contributed by atoms with Crippen LogP contribution in [0.5, 0.6) is 0 Å². The molecule has 0 amide bonds. The molecule has 1 aliphatic heterocycles. The van der Waals surface area contributed by atoms with Crippen molar-refractivity contribution in [1.29, 1.82) is 0 Å². The van der Waals surface area contributed by atoms with E-state index in [1.807, 2.05) is 6.07 Å². The van der Waals surface area contributed by atoms with Crippen LogP contribution in [0, 0.1) is 0 Å². The maximum absolute atomic E-state index is 5.90. The zero-order valence-electron chi connectivity index (χ0n) is 12.3. The molecule has 1 saturated heterocycles. The zero-order chi connectivity index (χ0) is 13.7. The summed E-state index contributed by atoms with van der Waals surface area (Å²) in [4.78, 5) is 5.89. The third kappa shape index (κ3) is 2.99. The molecule has 3 nitrogen and oxygen atoms in total. The van der Waals surface area contributed by atoms with Crippen LogP contribution in [0.3, 0.4) is 0 Å². The first-order chi connectivity index (χ1) is 9.22. The molecule has 0 N–H and O–H groups in total. The standard InChI is InChI=1S/C16H25NO2/c1-4-13-19-17-12-8-11-15(17)16(2,18-3)14-9-6-5-7-10-14/h5-7,9-10,15H,4,8,11-13H2,1-3H3/t15-,16+/m1/s1. The van der Waals surface area contributed by atoms with Crippen LogP contribution in [0.15, 0.2) is 30.3 Å². The summed E-state index contributed by atoms with van der Waals surface area (Å²) in [6, 6.07) is 10.7. The monoisotopic (exact) mass is 263 g/mol. The maximum Gasteiger partial charge on any atom is 0.108 e. The van der Waals surface area contributed by atoms with E-state index in [-0.39, 0.29) is 11.6 Å². The fourth-order valence-electron chi connectivity index (χ4n) is 2.87. The van der Waals surface area contributed by atoms with Crippen molar-refractivity contribution in [2.45, 2.75) is 44.8 Å². The van der Waals surface area contributed by atoms with Crippen LogP contribution in [-0.2, 0) is 15.2 Å². The minimum absolute atomic E-state index is 0.284. The molecule has 3 heteroatoms. The van der Waals surface area contributed by atoms with Crippen molar-refractivity contribution in [1.82, 2.24) is 5.06 Å². The van der Waals surface area contributed by atoms with E-state index >= 15 is 0 Å². The molecular formula is C16H25NO2. The summed E-state index contributed by atoms with van der Waals surface area (Å²) in [6.07, 6.45) is 3.32. The molecule has 0 aliphatic carbocycles. The van der Waals surface area contributed by atoms with E-state index in [1.54, 1.807) is 7.11 Å². The quantitative estimate of drug-likeness (QED) is 0.785. The number of hydrogen-bond donors (Lipinski definition) is 0. The fraction of sp³-hybridized carbons (Fsp3) is 0.625. The van der Waals surface area contributed by atoms with Gasteiger partial charge < -0.3 is 4.74 Å². The van der Waals surface area contributed by atoms with Gasteiger partial charge in [-0.1, -0.05) is 37.3 Å².